The first-order chi connectivity index (χ1) is 12.0. The molecule has 25 heavy (non-hydrogen) atoms. The van der Waals surface area contributed by atoms with Gasteiger partial charge in [0.15, 0.2) is 0 Å². The summed E-state index contributed by atoms with van der Waals surface area (Å²) in [5, 5.41) is 0. The highest BCUT2D eigenvalue weighted by Crippen LogP contribution is 2.38. The second-order valence-corrected chi connectivity index (χ2v) is 7.14. The van der Waals surface area contributed by atoms with Gasteiger partial charge in [-0.1, -0.05) is 32.0 Å². The molecule has 3 nitrogen and oxygen atoms in total. The van der Waals surface area contributed by atoms with Crippen LogP contribution in [0.2, 0.25) is 0 Å². The smallest absolute Gasteiger partial charge is 0.237 e. The van der Waals surface area contributed by atoms with Gasteiger partial charge in [-0.3, -0.25) is 0 Å². The molecule has 0 saturated carbocycles. The molecule has 1 fully saturated rings. The van der Waals surface area contributed by atoms with Gasteiger partial charge in [-0.2, -0.15) is 0 Å². The lowest BCUT2D eigenvalue weighted by atomic mass is 9.57. The van der Waals surface area contributed by atoms with Crippen LogP contribution >= 0.6 is 0 Å². The summed E-state index contributed by atoms with van der Waals surface area (Å²) < 4.78 is 0. The molecule has 1 unspecified atom stereocenters. The Morgan fingerprint density at radius 1 is 1.24 bits per heavy atom. The summed E-state index contributed by atoms with van der Waals surface area (Å²) in [5.41, 5.74) is 6.06. The topological polar surface area (TPSA) is 23.6 Å². The molecule has 131 valence electrons. The van der Waals surface area contributed by atoms with Crippen LogP contribution in [0.4, 0.5) is 5.69 Å². The summed E-state index contributed by atoms with van der Waals surface area (Å²) in [6.45, 7) is 15.9. The molecule has 1 saturated heterocycles. The quantitative estimate of drug-likeness (QED) is 0.734. The SMILES string of the molecule is C=C1[B]C(=O)CCC1N1Cc2cc(N(CCC)CCC)ccc2C1=C. The highest BCUT2D eigenvalue weighted by Gasteiger charge is 2.33. The van der Waals surface area contributed by atoms with Gasteiger partial charge in [0.25, 0.3) is 0 Å². The number of benzene rings is 1. The Labute approximate surface area is 152 Å². The van der Waals surface area contributed by atoms with E-state index in [4.69, 9.17) is 0 Å². The van der Waals surface area contributed by atoms with Gasteiger partial charge in [0.05, 0.1) is 5.68 Å². The minimum Gasteiger partial charge on any atom is -0.372 e. The Bertz CT molecular complexity index is 691. The normalized spacial score (nSPS) is 19.8. The van der Waals surface area contributed by atoms with E-state index in [0.717, 1.165) is 50.1 Å². The summed E-state index contributed by atoms with van der Waals surface area (Å²) in [6.07, 6.45) is 3.75. The van der Waals surface area contributed by atoms with Crippen LogP contribution < -0.4 is 4.90 Å². The van der Waals surface area contributed by atoms with Gasteiger partial charge < -0.3 is 14.6 Å². The van der Waals surface area contributed by atoms with Gasteiger partial charge in [-0.15, -0.1) is 6.58 Å². The fourth-order valence-electron chi connectivity index (χ4n) is 4.03. The van der Waals surface area contributed by atoms with Crippen molar-refractivity contribution in [1.82, 2.24) is 4.90 Å². The minimum atomic E-state index is 0.195. The Balaban J connectivity index is 1.81. The van der Waals surface area contributed by atoms with Gasteiger partial charge in [0.2, 0.25) is 7.28 Å². The summed E-state index contributed by atoms with van der Waals surface area (Å²) in [7, 11) is 1.71. The number of carbonyl (C=O) groups is 1. The zero-order valence-corrected chi connectivity index (χ0v) is 15.6. The van der Waals surface area contributed by atoms with E-state index < -0.39 is 0 Å². The molecular formula is C21H28BN2O. The van der Waals surface area contributed by atoms with Crippen molar-refractivity contribution in [2.75, 3.05) is 18.0 Å². The maximum Gasteiger partial charge on any atom is 0.237 e. The molecule has 0 N–H and O–H groups in total. The van der Waals surface area contributed by atoms with Crippen molar-refractivity contribution in [2.24, 2.45) is 0 Å². The predicted octanol–water partition coefficient (Wildman–Crippen LogP) is 4.01. The lowest BCUT2D eigenvalue weighted by Gasteiger charge is -2.34. The van der Waals surface area contributed by atoms with Crippen LogP contribution in [0, 0.1) is 0 Å². The molecule has 3 rings (SSSR count). The zero-order chi connectivity index (χ0) is 18.0. The summed E-state index contributed by atoms with van der Waals surface area (Å²) in [5.74, 6) is 0. The molecule has 1 atom stereocenters. The summed E-state index contributed by atoms with van der Waals surface area (Å²) >= 11 is 0. The van der Waals surface area contributed by atoms with E-state index in [1.165, 1.54) is 16.8 Å². The molecule has 4 heteroatoms. The number of hydrogen-bond donors (Lipinski definition) is 0. The Hall–Kier alpha value is -1.97. The average molecular weight is 335 g/mol. The standard InChI is InChI=1S/C21H28BN2O/c1-5-11-23(12-6-2)18-7-8-19-16(4)24(14-17(19)13-18)20-9-10-21(25)22-15(20)3/h7-8,13,20H,3-6,9-12,14H2,1-2H3. The molecule has 0 aromatic heterocycles. The molecule has 2 aliphatic heterocycles. The molecule has 1 aromatic rings. The van der Waals surface area contributed by atoms with Crippen LogP contribution in [-0.2, 0) is 11.3 Å². The largest absolute Gasteiger partial charge is 0.372 e. The number of carbonyl (C=O) groups excluding carboxylic acids is 1. The number of anilines is 1. The summed E-state index contributed by atoms with van der Waals surface area (Å²) in [4.78, 5) is 16.4. The molecule has 0 bridgehead atoms. The Kier molecular flexibility index (Phi) is 5.36. The number of rotatable bonds is 6. The minimum absolute atomic E-state index is 0.195. The fourth-order valence-corrected chi connectivity index (χ4v) is 4.03. The number of hydrogen-bond acceptors (Lipinski definition) is 3. The first-order valence-corrected chi connectivity index (χ1v) is 9.45. The second-order valence-electron chi connectivity index (χ2n) is 7.14. The molecule has 0 aliphatic carbocycles. The molecule has 2 aliphatic rings. The third-order valence-electron chi connectivity index (χ3n) is 5.25. The van der Waals surface area contributed by atoms with E-state index >= 15 is 0 Å². The first kappa shape index (κ1) is 17.8. The van der Waals surface area contributed by atoms with Crippen LogP contribution in [0.3, 0.4) is 0 Å². The van der Waals surface area contributed by atoms with Crippen molar-refractivity contribution in [3.63, 3.8) is 0 Å². The second kappa shape index (κ2) is 7.51. The van der Waals surface area contributed by atoms with Crippen LogP contribution in [0.25, 0.3) is 5.70 Å². The fraction of sp³-hybridized carbons (Fsp3) is 0.476. The van der Waals surface area contributed by atoms with Crippen molar-refractivity contribution in [3.8, 4) is 0 Å². The van der Waals surface area contributed by atoms with Crippen molar-refractivity contribution in [1.29, 1.82) is 0 Å². The van der Waals surface area contributed by atoms with Gasteiger partial charge in [0, 0.05) is 42.6 Å². The van der Waals surface area contributed by atoms with Crippen molar-refractivity contribution in [3.05, 3.63) is 48.0 Å². The van der Waals surface area contributed by atoms with Crippen LogP contribution in [0.15, 0.2) is 36.8 Å². The van der Waals surface area contributed by atoms with E-state index in [2.05, 4.69) is 55.0 Å². The zero-order valence-electron chi connectivity index (χ0n) is 15.6. The lowest BCUT2D eigenvalue weighted by Crippen LogP contribution is -2.39. The maximum atomic E-state index is 11.6. The molecule has 0 spiro atoms. The molecule has 0 amide bonds. The Morgan fingerprint density at radius 2 is 1.96 bits per heavy atom. The highest BCUT2D eigenvalue weighted by molar-refractivity contribution is 6.80. The number of fused-ring (bicyclic) bond motifs is 1. The van der Waals surface area contributed by atoms with Gasteiger partial charge in [0.1, 0.15) is 0 Å². The van der Waals surface area contributed by atoms with E-state index in [9.17, 15) is 4.79 Å². The number of nitrogens with zero attached hydrogens (tertiary/aromatic N) is 2. The third kappa shape index (κ3) is 3.53. The van der Waals surface area contributed by atoms with E-state index in [0.29, 0.717) is 6.42 Å². The van der Waals surface area contributed by atoms with Crippen LogP contribution in [-0.4, -0.2) is 37.0 Å². The van der Waals surface area contributed by atoms with E-state index in [1.54, 1.807) is 7.28 Å². The molecular weight excluding hydrogens is 307 g/mol. The monoisotopic (exact) mass is 335 g/mol. The van der Waals surface area contributed by atoms with Gasteiger partial charge >= 0.3 is 0 Å². The lowest BCUT2D eigenvalue weighted by molar-refractivity contribution is -0.112. The molecule has 2 heterocycles. The highest BCUT2D eigenvalue weighted by atomic mass is 16.1. The third-order valence-corrected chi connectivity index (χ3v) is 5.25. The molecule has 1 aromatic carbocycles. The summed E-state index contributed by atoms with van der Waals surface area (Å²) in [6, 6.07) is 6.96. The van der Waals surface area contributed by atoms with Crippen molar-refractivity contribution >= 4 is 24.3 Å². The van der Waals surface area contributed by atoms with Gasteiger partial charge in [-0.05, 0) is 43.4 Å². The van der Waals surface area contributed by atoms with Crippen LogP contribution in [0.5, 0.6) is 0 Å². The van der Waals surface area contributed by atoms with Gasteiger partial charge in [-0.25, -0.2) is 0 Å². The van der Waals surface area contributed by atoms with E-state index in [-0.39, 0.29) is 11.7 Å². The average Bonchev–Trinajstić information content (AvgIpc) is 2.91. The predicted molar refractivity (Wildman–Crippen MR) is 107 cm³/mol. The van der Waals surface area contributed by atoms with Crippen molar-refractivity contribution < 1.29 is 4.79 Å². The maximum absolute atomic E-state index is 11.6. The Morgan fingerprint density at radius 3 is 2.60 bits per heavy atom. The van der Waals surface area contributed by atoms with E-state index in [1.807, 2.05) is 0 Å². The van der Waals surface area contributed by atoms with Crippen LogP contribution in [0.1, 0.15) is 50.7 Å². The molecule has 1 radical (unpaired) electrons. The first-order valence-electron chi connectivity index (χ1n) is 9.45. The van der Waals surface area contributed by atoms with Crippen molar-refractivity contribution in [2.45, 2.75) is 52.1 Å².